The van der Waals surface area contributed by atoms with Gasteiger partial charge in [-0.1, -0.05) is 13.3 Å². The lowest BCUT2D eigenvalue weighted by Gasteiger charge is -2.41. The van der Waals surface area contributed by atoms with E-state index in [0.717, 1.165) is 45.3 Å². The zero-order valence-corrected chi connectivity index (χ0v) is 12.5. The van der Waals surface area contributed by atoms with E-state index in [1.54, 1.807) is 0 Å². The molecule has 2 rings (SSSR count). The van der Waals surface area contributed by atoms with Gasteiger partial charge in [0.05, 0.1) is 5.92 Å². The summed E-state index contributed by atoms with van der Waals surface area (Å²) in [5.41, 5.74) is 0. The first kappa shape index (κ1) is 15.3. The third kappa shape index (κ3) is 3.32. The second-order valence-corrected chi connectivity index (χ2v) is 6.23. The fourth-order valence-electron chi connectivity index (χ4n) is 3.48. The lowest BCUT2D eigenvalue weighted by Crippen LogP contribution is -2.54. The van der Waals surface area contributed by atoms with Crippen LogP contribution in [0.2, 0.25) is 0 Å². The molecule has 2 aliphatic rings. The van der Waals surface area contributed by atoms with Gasteiger partial charge in [-0.05, 0) is 32.7 Å². The summed E-state index contributed by atoms with van der Waals surface area (Å²) in [6.45, 7) is 4.63. The van der Waals surface area contributed by atoms with Crippen LogP contribution in [0.4, 0.5) is 0 Å². The smallest absolute Gasteiger partial charge is 0.306 e. The molecule has 0 radical (unpaired) electrons. The first-order valence-electron chi connectivity index (χ1n) is 7.74. The minimum atomic E-state index is -0.743. The van der Waals surface area contributed by atoms with Crippen LogP contribution in [0, 0.1) is 11.8 Å². The van der Waals surface area contributed by atoms with Gasteiger partial charge in [0.25, 0.3) is 0 Å². The molecule has 1 amide bonds. The van der Waals surface area contributed by atoms with Gasteiger partial charge in [-0.25, -0.2) is 0 Å². The summed E-state index contributed by atoms with van der Waals surface area (Å²) >= 11 is 0. The Morgan fingerprint density at radius 1 is 1.20 bits per heavy atom. The summed E-state index contributed by atoms with van der Waals surface area (Å²) in [5, 5.41) is 9.13. The Morgan fingerprint density at radius 2 is 1.90 bits per heavy atom. The second-order valence-electron chi connectivity index (χ2n) is 6.23. The minimum Gasteiger partial charge on any atom is -0.481 e. The van der Waals surface area contributed by atoms with Gasteiger partial charge >= 0.3 is 5.97 Å². The number of amides is 1. The molecule has 1 saturated heterocycles. The van der Waals surface area contributed by atoms with Crippen molar-refractivity contribution in [1.29, 1.82) is 0 Å². The fraction of sp³-hybridized carbons (Fsp3) is 0.867. The Balaban J connectivity index is 1.95. The van der Waals surface area contributed by atoms with Gasteiger partial charge in [0, 0.05) is 31.6 Å². The van der Waals surface area contributed by atoms with Crippen molar-refractivity contribution in [2.75, 3.05) is 26.7 Å². The monoisotopic (exact) mass is 282 g/mol. The van der Waals surface area contributed by atoms with E-state index < -0.39 is 5.97 Å². The van der Waals surface area contributed by atoms with Gasteiger partial charge in [-0.15, -0.1) is 0 Å². The molecule has 5 heteroatoms. The van der Waals surface area contributed by atoms with Crippen LogP contribution in [-0.4, -0.2) is 59.5 Å². The number of piperazine rings is 1. The van der Waals surface area contributed by atoms with E-state index in [0.29, 0.717) is 12.5 Å². The van der Waals surface area contributed by atoms with Gasteiger partial charge in [0.2, 0.25) is 5.91 Å². The summed E-state index contributed by atoms with van der Waals surface area (Å²) in [4.78, 5) is 28.0. The maximum absolute atomic E-state index is 12.6. The molecular formula is C15H26N2O3. The van der Waals surface area contributed by atoms with Gasteiger partial charge in [-0.3, -0.25) is 14.5 Å². The summed E-state index contributed by atoms with van der Waals surface area (Å²) in [5.74, 6) is -0.965. The molecule has 1 aliphatic heterocycles. The normalized spacial score (nSPS) is 32.1. The predicted molar refractivity (Wildman–Crippen MR) is 76.4 cm³/mol. The molecule has 0 aromatic heterocycles. The van der Waals surface area contributed by atoms with E-state index in [2.05, 4.69) is 18.9 Å². The van der Waals surface area contributed by atoms with E-state index >= 15 is 0 Å². The molecule has 3 atom stereocenters. The zero-order chi connectivity index (χ0) is 14.7. The van der Waals surface area contributed by atoms with Crippen LogP contribution in [0.15, 0.2) is 0 Å². The Morgan fingerprint density at radius 3 is 2.55 bits per heavy atom. The highest BCUT2D eigenvalue weighted by Crippen LogP contribution is 2.31. The fourth-order valence-corrected chi connectivity index (χ4v) is 3.48. The molecule has 0 spiro atoms. The highest BCUT2D eigenvalue weighted by molar-refractivity contribution is 5.80. The number of likely N-dealkylation sites (N-methyl/N-ethyl adjacent to an activating group) is 1. The van der Waals surface area contributed by atoms with Crippen molar-refractivity contribution in [2.45, 2.75) is 45.1 Å². The van der Waals surface area contributed by atoms with Crippen LogP contribution in [0.5, 0.6) is 0 Å². The molecule has 20 heavy (non-hydrogen) atoms. The van der Waals surface area contributed by atoms with Crippen molar-refractivity contribution in [3.05, 3.63) is 0 Å². The largest absolute Gasteiger partial charge is 0.481 e. The van der Waals surface area contributed by atoms with Crippen LogP contribution in [-0.2, 0) is 9.59 Å². The van der Waals surface area contributed by atoms with Crippen molar-refractivity contribution in [3.63, 3.8) is 0 Å². The van der Waals surface area contributed by atoms with Crippen LogP contribution < -0.4 is 0 Å². The number of hydrogen-bond acceptors (Lipinski definition) is 3. The van der Waals surface area contributed by atoms with E-state index in [1.165, 1.54) is 0 Å². The van der Waals surface area contributed by atoms with E-state index in [-0.39, 0.29) is 17.7 Å². The first-order valence-corrected chi connectivity index (χ1v) is 7.74. The topological polar surface area (TPSA) is 60.9 Å². The van der Waals surface area contributed by atoms with Gasteiger partial charge in [0.1, 0.15) is 0 Å². The van der Waals surface area contributed by atoms with Crippen molar-refractivity contribution in [3.8, 4) is 0 Å². The Kier molecular flexibility index (Phi) is 5.02. The molecule has 0 aromatic rings. The third-order valence-corrected chi connectivity index (χ3v) is 4.93. The molecule has 1 N–H and O–H groups in total. The maximum Gasteiger partial charge on any atom is 0.306 e. The minimum absolute atomic E-state index is 0.0780. The maximum atomic E-state index is 12.6. The second kappa shape index (κ2) is 6.57. The number of nitrogens with zero attached hydrogens (tertiary/aromatic N) is 2. The van der Waals surface area contributed by atoms with Crippen LogP contribution in [0.3, 0.4) is 0 Å². The highest BCUT2D eigenvalue weighted by atomic mass is 16.4. The average Bonchev–Trinajstić information content (AvgIpc) is 2.47. The SMILES string of the molecule is CCC1CN(C(=O)C2CCCC(C(=O)O)C2)CCN1C. The molecule has 114 valence electrons. The zero-order valence-electron chi connectivity index (χ0n) is 12.5. The molecule has 1 aliphatic carbocycles. The molecule has 1 saturated carbocycles. The first-order chi connectivity index (χ1) is 9.52. The van der Waals surface area contributed by atoms with Crippen molar-refractivity contribution in [2.24, 2.45) is 11.8 Å². The lowest BCUT2D eigenvalue weighted by molar-refractivity contribution is -0.146. The molecule has 5 nitrogen and oxygen atoms in total. The van der Waals surface area contributed by atoms with E-state index in [4.69, 9.17) is 5.11 Å². The number of carbonyl (C=O) groups is 2. The van der Waals surface area contributed by atoms with Crippen LogP contribution in [0.1, 0.15) is 39.0 Å². The standard InChI is InChI=1S/C15H26N2O3/c1-3-13-10-17(8-7-16(13)2)14(18)11-5-4-6-12(9-11)15(19)20/h11-13H,3-10H2,1-2H3,(H,19,20). The molecular weight excluding hydrogens is 256 g/mol. The lowest BCUT2D eigenvalue weighted by atomic mass is 9.80. The van der Waals surface area contributed by atoms with Crippen molar-refractivity contribution < 1.29 is 14.7 Å². The predicted octanol–water partition coefficient (Wildman–Crippen LogP) is 1.43. The quantitative estimate of drug-likeness (QED) is 0.850. The summed E-state index contributed by atoms with van der Waals surface area (Å²) in [6, 6.07) is 0.437. The number of carboxylic acids is 1. The van der Waals surface area contributed by atoms with Crippen molar-refractivity contribution >= 4 is 11.9 Å². The number of hydrogen-bond donors (Lipinski definition) is 1. The van der Waals surface area contributed by atoms with E-state index in [9.17, 15) is 9.59 Å². The summed E-state index contributed by atoms with van der Waals surface area (Å²) in [6.07, 6.45) is 4.00. The average molecular weight is 282 g/mol. The number of rotatable bonds is 3. The molecule has 3 unspecified atom stereocenters. The van der Waals surface area contributed by atoms with Gasteiger partial charge in [0.15, 0.2) is 0 Å². The summed E-state index contributed by atoms with van der Waals surface area (Å²) in [7, 11) is 2.11. The molecule has 1 heterocycles. The van der Waals surface area contributed by atoms with Crippen LogP contribution >= 0.6 is 0 Å². The third-order valence-electron chi connectivity index (χ3n) is 4.93. The summed E-state index contributed by atoms with van der Waals surface area (Å²) < 4.78 is 0. The number of carboxylic acid groups (broad SMARTS) is 1. The molecule has 0 aromatic carbocycles. The Hall–Kier alpha value is -1.10. The van der Waals surface area contributed by atoms with E-state index in [1.807, 2.05) is 4.90 Å². The molecule has 2 fully saturated rings. The molecule has 0 bridgehead atoms. The Labute approximate surface area is 120 Å². The van der Waals surface area contributed by atoms with Crippen LogP contribution in [0.25, 0.3) is 0 Å². The number of aliphatic carboxylic acids is 1. The van der Waals surface area contributed by atoms with Gasteiger partial charge in [-0.2, -0.15) is 0 Å². The Bertz CT molecular complexity index is 372. The van der Waals surface area contributed by atoms with Crippen molar-refractivity contribution in [1.82, 2.24) is 9.80 Å². The van der Waals surface area contributed by atoms with Gasteiger partial charge < -0.3 is 10.0 Å². The number of carbonyl (C=O) groups excluding carboxylic acids is 1. The highest BCUT2D eigenvalue weighted by Gasteiger charge is 2.35.